The molecule has 1 aliphatic rings. The Morgan fingerprint density at radius 1 is 1.57 bits per heavy atom. The van der Waals surface area contributed by atoms with E-state index in [4.69, 9.17) is 5.73 Å². The van der Waals surface area contributed by atoms with Crippen molar-refractivity contribution in [3.63, 3.8) is 0 Å². The molecule has 0 aromatic carbocycles. The summed E-state index contributed by atoms with van der Waals surface area (Å²) in [5, 5.41) is 9.36. The van der Waals surface area contributed by atoms with E-state index in [-0.39, 0.29) is 11.5 Å². The minimum absolute atomic E-state index is 0.0454. The Kier molecular flexibility index (Phi) is 2.60. The highest BCUT2D eigenvalue weighted by atomic mass is 79.9. The molecule has 3 N–H and O–H groups in total. The van der Waals surface area contributed by atoms with E-state index in [2.05, 4.69) is 20.9 Å². The normalized spacial score (nSPS) is 31.2. The van der Waals surface area contributed by atoms with Gasteiger partial charge in [0.05, 0.1) is 6.10 Å². The largest absolute Gasteiger partial charge is 0.393 e. The SMILES string of the molecule is NCC1(c2cncc(Br)c2)CC(O)C1. The first-order valence-corrected chi connectivity index (χ1v) is 5.45. The zero-order valence-electron chi connectivity index (χ0n) is 7.78. The van der Waals surface area contributed by atoms with Crippen molar-refractivity contribution in [1.82, 2.24) is 4.98 Å². The summed E-state index contributed by atoms with van der Waals surface area (Å²) in [6, 6.07) is 2.03. The number of hydrogen-bond donors (Lipinski definition) is 2. The molecule has 2 rings (SSSR count). The van der Waals surface area contributed by atoms with Crippen LogP contribution in [-0.4, -0.2) is 22.7 Å². The van der Waals surface area contributed by atoms with E-state index in [0.717, 1.165) is 22.9 Å². The maximum absolute atomic E-state index is 9.36. The molecule has 0 saturated heterocycles. The van der Waals surface area contributed by atoms with Crippen molar-refractivity contribution < 1.29 is 5.11 Å². The summed E-state index contributed by atoms with van der Waals surface area (Å²) in [6.07, 6.45) is 4.90. The first-order chi connectivity index (χ1) is 6.66. The average Bonchev–Trinajstić information content (AvgIpc) is 2.12. The fourth-order valence-corrected chi connectivity index (χ4v) is 2.43. The summed E-state index contributed by atoms with van der Waals surface area (Å²) < 4.78 is 0.962. The molecule has 1 saturated carbocycles. The number of aliphatic hydroxyl groups excluding tert-OH is 1. The molecule has 1 aliphatic carbocycles. The van der Waals surface area contributed by atoms with E-state index in [9.17, 15) is 5.11 Å². The molecule has 0 bridgehead atoms. The monoisotopic (exact) mass is 256 g/mol. The maximum Gasteiger partial charge on any atom is 0.0558 e. The van der Waals surface area contributed by atoms with Crippen molar-refractivity contribution in [2.45, 2.75) is 24.4 Å². The molecule has 0 amide bonds. The molecule has 0 atom stereocenters. The molecule has 1 fully saturated rings. The van der Waals surface area contributed by atoms with Crippen molar-refractivity contribution in [1.29, 1.82) is 0 Å². The van der Waals surface area contributed by atoms with Crippen molar-refractivity contribution in [3.05, 3.63) is 28.5 Å². The maximum atomic E-state index is 9.36. The number of nitrogens with two attached hydrogens (primary N) is 1. The van der Waals surface area contributed by atoms with Gasteiger partial charge in [-0.25, -0.2) is 0 Å². The summed E-state index contributed by atoms with van der Waals surface area (Å²) in [4.78, 5) is 4.12. The van der Waals surface area contributed by atoms with Gasteiger partial charge < -0.3 is 10.8 Å². The van der Waals surface area contributed by atoms with Gasteiger partial charge in [0, 0.05) is 28.8 Å². The fraction of sp³-hybridized carbons (Fsp3) is 0.500. The highest BCUT2D eigenvalue weighted by Crippen LogP contribution is 2.43. The molecule has 1 aromatic rings. The minimum Gasteiger partial charge on any atom is -0.393 e. The molecule has 0 radical (unpaired) electrons. The molecule has 1 aromatic heterocycles. The number of aromatic nitrogens is 1. The van der Waals surface area contributed by atoms with Crippen molar-refractivity contribution in [2.24, 2.45) is 5.73 Å². The predicted molar refractivity (Wildman–Crippen MR) is 57.9 cm³/mol. The third-order valence-electron chi connectivity index (χ3n) is 2.96. The van der Waals surface area contributed by atoms with Crippen LogP contribution >= 0.6 is 15.9 Å². The van der Waals surface area contributed by atoms with Crippen LogP contribution in [0.2, 0.25) is 0 Å². The van der Waals surface area contributed by atoms with Crippen molar-refractivity contribution in [3.8, 4) is 0 Å². The predicted octanol–water partition coefficient (Wildman–Crippen LogP) is 1.20. The van der Waals surface area contributed by atoms with Crippen LogP contribution in [0.5, 0.6) is 0 Å². The number of aliphatic hydroxyl groups is 1. The average molecular weight is 257 g/mol. The Labute approximate surface area is 91.5 Å². The second kappa shape index (κ2) is 3.61. The van der Waals surface area contributed by atoms with Crippen LogP contribution in [0.25, 0.3) is 0 Å². The fourth-order valence-electron chi connectivity index (χ4n) is 2.06. The third-order valence-corrected chi connectivity index (χ3v) is 3.39. The number of rotatable bonds is 2. The zero-order valence-corrected chi connectivity index (χ0v) is 9.37. The lowest BCUT2D eigenvalue weighted by molar-refractivity contribution is 0.0220. The number of halogens is 1. The lowest BCUT2D eigenvalue weighted by Crippen LogP contribution is -2.49. The Hall–Kier alpha value is -0.450. The van der Waals surface area contributed by atoms with Crippen molar-refractivity contribution in [2.75, 3.05) is 6.54 Å². The molecule has 0 spiro atoms. The number of hydrogen-bond acceptors (Lipinski definition) is 3. The Morgan fingerprint density at radius 3 is 2.79 bits per heavy atom. The first-order valence-electron chi connectivity index (χ1n) is 4.65. The highest BCUT2D eigenvalue weighted by molar-refractivity contribution is 9.10. The van der Waals surface area contributed by atoms with Gasteiger partial charge in [0.2, 0.25) is 0 Å². The van der Waals surface area contributed by atoms with E-state index >= 15 is 0 Å². The van der Waals surface area contributed by atoms with E-state index in [1.165, 1.54) is 0 Å². The van der Waals surface area contributed by atoms with Gasteiger partial charge >= 0.3 is 0 Å². The Balaban J connectivity index is 2.29. The highest BCUT2D eigenvalue weighted by Gasteiger charge is 2.43. The molecular weight excluding hydrogens is 244 g/mol. The molecule has 4 heteroatoms. The quantitative estimate of drug-likeness (QED) is 0.836. The topological polar surface area (TPSA) is 59.1 Å². The standard InChI is InChI=1S/C10H13BrN2O/c11-8-1-7(4-13-5-8)10(6-12)2-9(14)3-10/h1,4-5,9,14H,2-3,6,12H2. The molecule has 3 nitrogen and oxygen atoms in total. The Bertz CT molecular complexity index is 337. The molecule has 14 heavy (non-hydrogen) atoms. The summed E-state index contributed by atoms with van der Waals surface area (Å²) in [5.74, 6) is 0. The van der Waals surface area contributed by atoms with Crippen LogP contribution in [0.3, 0.4) is 0 Å². The molecule has 0 unspecified atom stereocenters. The minimum atomic E-state index is -0.197. The Morgan fingerprint density at radius 2 is 2.29 bits per heavy atom. The summed E-state index contributed by atoms with van der Waals surface area (Å²) >= 11 is 3.39. The number of pyridine rings is 1. The number of nitrogens with zero attached hydrogens (tertiary/aromatic N) is 1. The van der Waals surface area contributed by atoms with Gasteiger partial charge in [0.1, 0.15) is 0 Å². The van der Waals surface area contributed by atoms with E-state index in [0.29, 0.717) is 6.54 Å². The van der Waals surface area contributed by atoms with Crippen LogP contribution in [0, 0.1) is 0 Å². The van der Waals surface area contributed by atoms with Gasteiger partial charge in [0.15, 0.2) is 0 Å². The summed E-state index contributed by atoms with van der Waals surface area (Å²) in [5.41, 5.74) is 6.84. The van der Waals surface area contributed by atoms with Crippen LogP contribution in [0.1, 0.15) is 18.4 Å². The van der Waals surface area contributed by atoms with E-state index < -0.39 is 0 Å². The van der Waals surface area contributed by atoms with E-state index in [1.807, 2.05) is 12.3 Å². The van der Waals surface area contributed by atoms with Crippen LogP contribution < -0.4 is 5.73 Å². The smallest absolute Gasteiger partial charge is 0.0558 e. The van der Waals surface area contributed by atoms with Gasteiger partial charge in [-0.05, 0) is 40.4 Å². The van der Waals surface area contributed by atoms with Crippen molar-refractivity contribution >= 4 is 15.9 Å². The van der Waals surface area contributed by atoms with Crippen LogP contribution in [-0.2, 0) is 5.41 Å². The second-order valence-corrected chi connectivity index (χ2v) is 4.85. The summed E-state index contributed by atoms with van der Waals surface area (Å²) in [7, 11) is 0. The lowest BCUT2D eigenvalue weighted by Gasteiger charge is -2.45. The zero-order chi connectivity index (χ0) is 10.2. The molecule has 76 valence electrons. The molecular formula is C10H13BrN2O. The first kappa shape index (κ1) is 10.1. The van der Waals surface area contributed by atoms with Gasteiger partial charge in [-0.1, -0.05) is 0 Å². The van der Waals surface area contributed by atoms with E-state index in [1.54, 1.807) is 6.20 Å². The third kappa shape index (κ3) is 1.58. The van der Waals surface area contributed by atoms with Gasteiger partial charge in [0.25, 0.3) is 0 Å². The lowest BCUT2D eigenvalue weighted by atomic mass is 9.63. The molecule has 0 aliphatic heterocycles. The van der Waals surface area contributed by atoms with Gasteiger partial charge in [-0.3, -0.25) is 4.98 Å². The van der Waals surface area contributed by atoms with Crippen LogP contribution in [0.15, 0.2) is 22.9 Å². The molecule has 1 heterocycles. The second-order valence-electron chi connectivity index (χ2n) is 3.94. The summed E-state index contributed by atoms with van der Waals surface area (Å²) in [6.45, 7) is 0.572. The van der Waals surface area contributed by atoms with Gasteiger partial charge in [-0.15, -0.1) is 0 Å². The van der Waals surface area contributed by atoms with Crippen LogP contribution in [0.4, 0.5) is 0 Å². The van der Waals surface area contributed by atoms with Gasteiger partial charge in [-0.2, -0.15) is 0 Å².